The summed E-state index contributed by atoms with van der Waals surface area (Å²) in [5.41, 5.74) is 1.51. The molecular formula is C11H17N3O3. The fraction of sp³-hybridized carbons (Fsp3) is 0.545. The van der Waals surface area contributed by atoms with Crippen molar-refractivity contribution < 1.29 is 14.7 Å². The van der Waals surface area contributed by atoms with Gasteiger partial charge in [-0.2, -0.15) is 5.10 Å². The normalized spacial score (nSPS) is 12.3. The second-order valence-corrected chi connectivity index (χ2v) is 4.06. The highest BCUT2D eigenvalue weighted by Crippen LogP contribution is 2.12. The first kappa shape index (κ1) is 13.4. The number of aliphatic hydroxyl groups is 1. The van der Waals surface area contributed by atoms with Gasteiger partial charge in [-0.1, -0.05) is 0 Å². The third-order valence-electron chi connectivity index (χ3n) is 2.59. The Labute approximate surface area is 99.6 Å². The molecule has 17 heavy (non-hydrogen) atoms. The standard InChI is InChI=1S/C11H17N3O3/c1-6(5-15)12-11(17)10(16)9-7(2)13-14(4)8(9)3/h6,15H,5H2,1-4H3,(H,12,17). The van der Waals surface area contributed by atoms with Crippen LogP contribution in [0.2, 0.25) is 0 Å². The lowest BCUT2D eigenvalue weighted by Crippen LogP contribution is -2.39. The summed E-state index contributed by atoms with van der Waals surface area (Å²) >= 11 is 0. The van der Waals surface area contributed by atoms with Crippen LogP contribution >= 0.6 is 0 Å². The van der Waals surface area contributed by atoms with E-state index in [1.807, 2.05) is 0 Å². The summed E-state index contributed by atoms with van der Waals surface area (Å²) in [6.07, 6.45) is 0. The van der Waals surface area contributed by atoms with Crippen LogP contribution in [0.1, 0.15) is 28.7 Å². The first-order valence-electron chi connectivity index (χ1n) is 5.34. The van der Waals surface area contributed by atoms with Gasteiger partial charge < -0.3 is 10.4 Å². The largest absolute Gasteiger partial charge is 0.394 e. The lowest BCUT2D eigenvalue weighted by molar-refractivity contribution is -0.117. The number of carbonyl (C=O) groups is 2. The van der Waals surface area contributed by atoms with E-state index in [9.17, 15) is 9.59 Å². The lowest BCUT2D eigenvalue weighted by atomic mass is 10.1. The molecule has 0 fully saturated rings. The zero-order chi connectivity index (χ0) is 13.2. The molecule has 6 nitrogen and oxygen atoms in total. The maximum Gasteiger partial charge on any atom is 0.292 e. The number of hydrogen-bond acceptors (Lipinski definition) is 4. The number of carbonyl (C=O) groups excluding carboxylic acids is 2. The van der Waals surface area contributed by atoms with Crippen LogP contribution in [0.4, 0.5) is 0 Å². The van der Waals surface area contributed by atoms with E-state index in [-0.39, 0.29) is 6.61 Å². The van der Waals surface area contributed by atoms with Gasteiger partial charge in [-0.3, -0.25) is 14.3 Å². The highest BCUT2D eigenvalue weighted by Gasteiger charge is 2.24. The van der Waals surface area contributed by atoms with Crippen LogP contribution in [0.25, 0.3) is 0 Å². The SMILES string of the molecule is Cc1nn(C)c(C)c1C(=O)C(=O)NC(C)CO. The first-order valence-corrected chi connectivity index (χ1v) is 5.34. The molecule has 1 atom stereocenters. The van der Waals surface area contributed by atoms with Gasteiger partial charge in [0.1, 0.15) is 0 Å². The Morgan fingerprint density at radius 1 is 1.47 bits per heavy atom. The second-order valence-electron chi connectivity index (χ2n) is 4.06. The zero-order valence-corrected chi connectivity index (χ0v) is 10.4. The average Bonchev–Trinajstić information content (AvgIpc) is 2.52. The average molecular weight is 239 g/mol. The van der Waals surface area contributed by atoms with Gasteiger partial charge in [0.05, 0.1) is 17.9 Å². The summed E-state index contributed by atoms with van der Waals surface area (Å²) in [7, 11) is 1.72. The summed E-state index contributed by atoms with van der Waals surface area (Å²) in [6.45, 7) is 4.83. The van der Waals surface area contributed by atoms with E-state index in [0.29, 0.717) is 17.0 Å². The van der Waals surface area contributed by atoms with Gasteiger partial charge in [-0.25, -0.2) is 0 Å². The summed E-state index contributed by atoms with van der Waals surface area (Å²) in [5.74, 6) is -1.33. The van der Waals surface area contributed by atoms with E-state index < -0.39 is 17.7 Å². The summed E-state index contributed by atoms with van der Waals surface area (Å²) in [6, 6.07) is -0.441. The maximum absolute atomic E-state index is 11.9. The Morgan fingerprint density at radius 3 is 2.47 bits per heavy atom. The third-order valence-corrected chi connectivity index (χ3v) is 2.59. The van der Waals surface area contributed by atoms with E-state index in [1.54, 1.807) is 32.5 Å². The van der Waals surface area contributed by atoms with Crippen molar-refractivity contribution in [2.45, 2.75) is 26.8 Å². The molecule has 0 radical (unpaired) electrons. The van der Waals surface area contributed by atoms with Gasteiger partial charge in [-0.05, 0) is 20.8 Å². The fourth-order valence-corrected chi connectivity index (χ4v) is 1.55. The van der Waals surface area contributed by atoms with E-state index in [1.165, 1.54) is 0 Å². The Bertz CT molecular complexity index is 451. The van der Waals surface area contributed by atoms with Crippen LogP contribution in [-0.2, 0) is 11.8 Å². The summed E-state index contributed by atoms with van der Waals surface area (Å²) in [5, 5.41) is 15.3. The Morgan fingerprint density at radius 2 is 2.06 bits per heavy atom. The number of aryl methyl sites for hydroxylation is 2. The van der Waals surface area contributed by atoms with Gasteiger partial charge >= 0.3 is 0 Å². The number of ketones is 1. The number of amides is 1. The van der Waals surface area contributed by atoms with Crippen molar-refractivity contribution in [1.29, 1.82) is 0 Å². The summed E-state index contributed by atoms with van der Waals surface area (Å²) < 4.78 is 1.56. The molecule has 0 aromatic carbocycles. The second kappa shape index (κ2) is 5.09. The highest BCUT2D eigenvalue weighted by molar-refractivity contribution is 6.43. The predicted molar refractivity (Wildman–Crippen MR) is 61.7 cm³/mol. The van der Waals surface area contributed by atoms with Crippen LogP contribution < -0.4 is 5.32 Å². The minimum atomic E-state index is -0.717. The molecule has 0 saturated carbocycles. The minimum Gasteiger partial charge on any atom is -0.394 e. The number of aromatic nitrogens is 2. The molecule has 1 aromatic heterocycles. The number of nitrogens with zero attached hydrogens (tertiary/aromatic N) is 2. The molecule has 0 bridgehead atoms. The van der Waals surface area contributed by atoms with E-state index in [4.69, 9.17) is 5.11 Å². The van der Waals surface area contributed by atoms with Crippen LogP contribution in [0.5, 0.6) is 0 Å². The van der Waals surface area contributed by atoms with E-state index in [0.717, 1.165) is 0 Å². The van der Waals surface area contributed by atoms with Gasteiger partial charge in [0, 0.05) is 18.8 Å². The van der Waals surface area contributed by atoms with Crippen molar-refractivity contribution in [2.75, 3.05) is 6.61 Å². The number of rotatable bonds is 4. The fourth-order valence-electron chi connectivity index (χ4n) is 1.55. The lowest BCUT2D eigenvalue weighted by Gasteiger charge is -2.09. The van der Waals surface area contributed by atoms with Crippen molar-refractivity contribution >= 4 is 11.7 Å². The number of Topliss-reactive ketones (excluding diaryl/α,β-unsaturated/α-hetero) is 1. The van der Waals surface area contributed by atoms with Crippen LogP contribution in [0, 0.1) is 13.8 Å². The van der Waals surface area contributed by atoms with Crippen molar-refractivity contribution in [3.8, 4) is 0 Å². The smallest absolute Gasteiger partial charge is 0.292 e. The molecular weight excluding hydrogens is 222 g/mol. The summed E-state index contributed by atoms with van der Waals surface area (Å²) in [4.78, 5) is 23.5. The van der Waals surface area contributed by atoms with Crippen molar-refractivity contribution in [3.05, 3.63) is 17.0 Å². The molecule has 0 saturated heterocycles. The topological polar surface area (TPSA) is 84.2 Å². The molecule has 1 heterocycles. The highest BCUT2D eigenvalue weighted by atomic mass is 16.3. The Kier molecular flexibility index (Phi) is 4.01. The Hall–Kier alpha value is -1.69. The molecule has 1 unspecified atom stereocenters. The van der Waals surface area contributed by atoms with Crippen LogP contribution in [0.3, 0.4) is 0 Å². The number of hydrogen-bond donors (Lipinski definition) is 2. The molecule has 6 heteroatoms. The number of nitrogens with one attached hydrogen (secondary N) is 1. The molecule has 94 valence electrons. The van der Waals surface area contributed by atoms with Crippen molar-refractivity contribution in [3.63, 3.8) is 0 Å². The third kappa shape index (κ3) is 2.71. The minimum absolute atomic E-state index is 0.204. The van der Waals surface area contributed by atoms with Gasteiger partial charge in [0.15, 0.2) is 0 Å². The van der Waals surface area contributed by atoms with Crippen molar-refractivity contribution in [1.82, 2.24) is 15.1 Å². The molecule has 0 aliphatic rings. The molecule has 1 aromatic rings. The molecule has 2 N–H and O–H groups in total. The van der Waals surface area contributed by atoms with Crippen LogP contribution in [0.15, 0.2) is 0 Å². The zero-order valence-electron chi connectivity index (χ0n) is 10.4. The Balaban J connectivity index is 2.93. The molecule has 0 spiro atoms. The molecule has 1 amide bonds. The monoisotopic (exact) mass is 239 g/mol. The van der Waals surface area contributed by atoms with E-state index >= 15 is 0 Å². The number of aliphatic hydroxyl groups excluding tert-OH is 1. The van der Waals surface area contributed by atoms with Gasteiger partial charge in [0.2, 0.25) is 0 Å². The quantitative estimate of drug-likeness (QED) is 0.559. The van der Waals surface area contributed by atoms with Gasteiger partial charge in [-0.15, -0.1) is 0 Å². The molecule has 0 aliphatic carbocycles. The predicted octanol–water partition coefficient (Wildman–Crippen LogP) is -0.283. The molecule has 0 aliphatic heterocycles. The van der Waals surface area contributed by atoms with Gasteiger partial charge in [0.25, 0.3) is 11.7 Å². The maximum atomic E-state index is 11.9. The molecule has 1 rings (SSSR count). The van der Waals surface area contributed by atoms with Crippen molar-refractivity contribution in [2.24, 2.45) is 7.05 Å². The van der Waals surface area contributed by atoms with E-state index in [2.05, 4.69) is 10.4 Å². The van der Waals surface area contributed by atoms with Crippen LogP contribution in [-0.4, -0.2) is 39.2 Å². The first-order chi connectivity index (χ1) is 7.88.